The minimum Gasteiger partial charge on any atom is -0.481 e. The van der Waals surface area contributed by atoms with Crippen molar-refractivity contribution in [2.45, 2.75) is 6.18 Å². The average Bonchev–Trinajstić information content (AvgIpc) is 3.28. The Morgan fingerprint density at radius 1 is 1.18 bits per heavy atom. The van der Waals surface area contributed by atoms with Crippen LogP contribution < -0.4 is 0 Å². The van der Waals surface area contributed by atoms with Crippen LogP contribution in [0.4, 0.5) is 18.9 Å². The Kier molecular flexibility index (Phi) is 4.79. The standard InChI is InChI=1S/C16H13F3N4O5/c17-16(18,19)12-8-21(7-11(12)15(25)26)14(24)13-5-6-22(20-13)9-1-3-10(4-2-9)23(27)28/h1-6,11-12H,7-8H2,(H,25,26)/t11-,12-/m1/s1. The first kappa shape index (κ1) is 19.3. The second-order valence-corrected chi connectivity index (χ2v) is 6.22. The molecule has 1 amide bonds. The summed E-state index contributed by atoms with van der Waals surface area (Å²) in [5.74, 6) is -6.32. The van der Waals surface area contributed by atoms with Crippen LogP contribution >= 0.6 is 0 Å². The van der Waals surface area contributed by atoms with Gasteiger partial charge in [-0.3, -0.25) is 19.7 Å². The Hall–Kier alpha value is -3.44. The molecule has 0 radical (unpaired) electrons. The molecule has 2 heterocycles. The van der Waals surface area contributed by atoms with E-state index in [1.54, 1.807) is 0 Å². The second-order valence-electron chi connectivity index (χ2n) is 6.22. The summed E-state index contributed by atoms with van der Waals surface area (Å²) < 4.78 is 40.4. The van der Waals surface area contributed by atoms with Gasteiger partial charge in [-0.05, 0) is 18.2 Å². The second kappa shape index (κ2) is 6.94. The number of benzene rings is 1. The Bertz CT molecular complexity index is 925. The number of aromatic nitrogens is 2. The van der Waals surface area contributed by atoms with Crippen LogP contribution in [-0.2, 0) is 4.79 Å². The number of alkyl halides is 3. The number of likely N-dealkylation sites (tertiary alicyclic amines) is 1. The van der Waals surface area contributed by atoms with Gasteiger partial charge in [0, 0.05) is 31.4 Å². The molecule has 28 heavy (non-hydrogen) atoms. The third-order valence-corrected chi connectivity index (χ3v) is 4.48. The molecule has 1 saturated heterocycles. The summed E-state index contributed by atoms with van der Waals surface area (Å²) in [7, 11) is 0. The first-order chi connectivity index (χ1) is 13.1. The van der Waals surface area contributed by atoms with Gasteiger partial charge in [0.15, 0.2) is 5.69 Å². The molecule has 1 aliphatic rings. The number of nitrogens with zero attached hydrogens (tertiary/aromatic N) is 4. The highest BCUT2D eigenvalue weighted by molar-refractivity contribution is 5.93. The van der Waals surface area contributed by atoms with E-state index in [9.17, 15) is 32.9 Å². The maximum atomic E-state index is 13.1. The Morgan fingerprint density at radius 2 is 1.82 bits per heavy atom. The third kappa shape index (κ3) is 3.66. The quantitative estimate of drug-likeness (QED) is 0.623. The number of hydrogen-bond acceptors (Lipinski definition) is 5. The highest BCUT2D eigenvalue weighted by atomic mass is 19.4. The number of aliphatic carboxylic acids is 1. The number of amides is 1. The fourth-order valence-electron chi connectivity index (χ4n) is 3.02. The fraction of sp³-hybridized carbons (Fsp3) is 0.312. The van der Waals surface area contributed by atoms with Crippen LogP contribution in [0, 0.1) is 22.0 Å². The van der Waals surface area contributed by atoms with Crippen molar-refractivity contribution >= 4 is 17.6 Å². The number of rotatable bonds is 4. The number of carbonyl (C=O) groups is 2. The van der Waals surface area contributed by atoms with E-state index in [1.165, 1.54) is 41.2 Å². The molecule has 9 nitrogen and oxygen atoms in total. The first-order valence-corrected chi connectivity index (χ1v) is 7.97. The van der Waals surface area contributed by atoms with Gasteiger partial charge in [0.25, 0.3) is 11.6 Å². The predicted molar refractivity (Wildman–Crippen MR) is 86.8 cm³/mol. The summed E-state index contributed by atoms with van der Waals surface area (Å²) in [5.41, 5.74) is 0.107. The molecule has 1 aliphatic heterocycles. The molecule has 0 unspecified atom stereocenters. The monoisotopic (exact) mass is 398 g/mol. The Balaban J connectivity index is 1.79. The molecule has 1 N–H and O–H groups in total. The van der Waals surface area contributed by atoms with Gasteiger partial charge in [0.1, 0.15) is 0 Å². The molecule has 3 rings (SSSR count). The molecule has 2 aromatic rings. The molecule has 1 fully saturated rings. The minimum atomic E-state index is -4.74. The van der Waals surface area contributed by atoms with E-state index in [0.29, 0.717) is 5.69 Å². The van der Waals surface area contributed by atoms with E-state index >= 15 is 0 Å². The highest BCUT2D eigenvalue weighted by Crippen LogP contribution is 2.38. The summed E-state index contributed by atoms with van der Waals surface area (Å²) in [6.07, 6.45) is -3.36. The number of carbonyl (C=O) groups excluding carboxylic acids is 1. The zero-order chi connectivity index (χ0) is 20.6. The lowest BCUT2D eigenvalue weighted by atomic mass is 9.96. The molecule has 1 aromatic heterocycles. The number of carboxylic acids is 1. The van der Waals surface area contributed by atoms with Gasteiger partial charge in [-0.25, -0.2) is 4.68 Å². The summed E-state index contributed by atoms with van der Waals surface area (Å²) in [5, 5.41) is 23.7. The van der Waals surface area contributed by atoms with Crippen molar-refractivity contribution < 1.29 is 32.8 Å². The first-order valence-electron chi connectivity index (χ1n) is 7.97. The van der Waals surface area contributed by atoms with Gasteiger partial charge in [0.05, 0.1) is 22.4 Å². The number of hydrogen-bond donors (Lipinski definition) is 1. The molecule has 1 aromatic carbocycles. The smallest absolute Gasteiger partial charge is 0.394 e. The maximum Gasteiger partial charge on any atom is 0.394 e. The number of nitro groups is 1. The van der Waals surface area contributed by atoms with Crippen molar-refractivity contribution in [1.82, 2.24) is 14.7 Å². The van der Waals surface area contributed by atoms with E-state index in [2.05, 4.69) is 5.10 Å². The molecule has 0 bridgehead atoms. The van der Waals surface area contributed by atoms with Crippen molar-refractivity contribution in [2.24, 2.45) is 11.8 Å². The van der Waals surface area contributed by atoms with Gasteiger partial charge in [0.2, 0.25) is 0 Å². The van der Waals surface area contributed by atoms with E-state index in [4.69, 9.17) is 5.11 Å². The average molecular weight is 398 g/mol. The fourth-order valence-corrected chi connectivity index (χ4v) is 3.02. The van der Waals surface area contributed by atoms with Crippen LogP contribution in [0.25, 0.3) is 5.69 Å². The van der Waals surface area contributed by atoms with Gasteiger partial charge >= 0.3 is 12.1 Å². The molecule has 0 saturated carbocycles. The lowest BCUT2D eigenvalue weighted by molar-refractivity contribution is -0.384. The van der Waals surface area contributed by atoms with Crippen molar-refractivity contribution in [3.63, 3.8) is 0 Å². The lowest BCUT2D eigenvalue weighted by Gasteiger charge is -2.18. The summed E-state index contributed by atoms with van der Waals surface area (Å²) in [4.78, 5) is 34.5. The maximum absolute atomic E-state index is 13.1. The summed E-state index contributed by atoms with van der Waals surface area (Å²) >= 11 is 0. The topological polar surface area (TPSA) is 119 Å². The van der Waals surface area contributed by atoms with Crippen LogP contribution in [0.5, 0.6) is 0 Å². The van der Waals surface area contributed by atoms with Gasteiger partial charge < -0.3 is 10.0 Å². The zero-order valence-corrected chi connectivity index (χ0v) is 14.0. The van der Waals surface area contributed by atoms with Crippen molar-refractivity contribution in [1.29, 1.82) is 0 Å². The van der Waals surface area contributed by atoms with Gasteiger partial charge in [-0.2, -0.15) is 18.3 Å². The van der Waals surface area contributed by atoms with Crippen molar-refractivity contribution in [3.8, 4) is 5.69 Å². The number of non-ortho nitro benzene ring substituents is 1. The molecular weight excluding hydrogens is 385 g/mol. The van der Waals surface area contributed by atoms with Crippen molar-refractivity contribution in [3.05, 3.63) is 52.3 Å². The third-order valence-electron chi connectivity index (χ3n) is 4.48. The minimum absolute atomic E-state index is 0.137. The Labute approximate surface area is 155 Å². The number of nitro benzene ring substituents is 1. The van der Waals surface area contributed by atoms with Crippen molar-refractivity contribution in [2.75, 3.05) is 13.1 Å². The highest BCUT2D eigenvalue weighted by Gasteiger charge is 2.53. The molecule has 0 aliphatic carbocycles. The number of halogens is 3. The van der Waals surface area contributed by atoms with Crippen LogP contribution in [-0.4, -0.2) is 55.9 Å². The van der Waals surface area contributed by atoms with Crippen LogP contribution in [0.15, 0.2) is 36.5 Å². The Morgan fingerprint density at radius 3 is 2.32 bits per heavy atom. The normalized spacial score (nSPS) is 19.6. The summed E-state index contributed by atoms with van der Waals surface area (Å²) in [6, 6.07) is 6.56. The summed E-state index contributed by atoms with van der Waals surface area (Å²) in [6.45, 7) is -1.33. The molecular formula is C16H13F3N4O5. The van der Waals surface area contributed by atoms with E-state index in [-0.39, 0.29) is 11.4 Å². The van der Waals surface area contributed by atoms with Crippen LogP contribution in [0.1, 0.15) is 10.5 Å². The van der Waals surface area contributed by atoms with Gasteiger partial charge in [-0.15, -0.1) is 0 Å². The van der Waals surface area contributed by atoms with Crippen LogP contribution in [0.3, 0.4) is 0 Å². The van der Waals surface area contributed by atoms with E-state index in [0.717, 1.165) is 4.90 Å². The molecule has 2 atom stereocenters. The lowest BCUT2D eigenvalue weighted by Crippen LogP contribution is -2.34. The SMILES string of the molecule is O=C(O)[C@@H]1CN(C(=O)c2ccn(-c3ccc([N+](=O)[O-])cc3)n2)C[C@H]1C(F)(F)F. The molecule has 0 spiro atoms. The molecule has 148 valence electrons. The van der Waals surface area contributed by atoms with E-state index in [1.807, 2.05) is 0 Å². The van der Waals surface area contributed by atoms with Crippen LogP contribution in [0.2, 0.25) is 0 Å². The van der Waals surface area contributed by atoms with E-state index < -0.39 is 47.9 Å². The zero-order valence-electron chi connectivity index (χ0n) is 14.0. The largest absolute Gasteiger partial charge is 0.481 e. The molecule has 12 heteroatoms. The predicted octanol–water partition coefficient (Wildman–Crippen LogP) is 2.12. The number of carboxylic acid groups (broad SMARTS) is 1. The van der Waals surface area contributed by atoms with Gasteiger partial charge in [-0.1, -0.05) is 0 Å².